The molecule has 244 valence electrons. The lowest BCUT2D eigenvalue weighted by atomic mass is 9.56. The van der Waals surface area contributed by atoms with Crippen molar-refractivity contribution in [2.24, 2.45) is 11.3 Å². The van der Waals surface area contributed by atoms with E-state index in [-0.39, 0.29) is 6.09 Å². The summed E-state index contributed by atoms with van der Waals surface area (Å²) in [7, 11) is 0. The van der Waals surface area contributed by atoms with E-state index < -0.39 is 17.3 Å². The van der Waals surface area contributed by atoms with Gasteiger partial charge in [-0.15, -0.1) is 0 Å². The Bertz CT molecular complexity index is 1400. The van der Waals surface area contributed by atoms with Gasteiger partial charge in [-0.2, -0.15) is 0 Å². The van der Waals surface area contributed by atoms with Gasteiger partial charge in [-0.1, -0.05) is 6.07 Å². The summed E-state index contributed by atoms with van der Waals surface area (Å²) in [6.07, 6.45) is 8.27. The number of fused-ring (bicyclic) bond motifs is 2. The number of carbonyl (C=O) groups excluding carboxylic acids is 2. The molecular weight excluding hydrogens is 570 g/mol. The minimum absolute atomic E-state index is 0.203. The van der Waals surface area contributed by atoms with E-state index in [0.717, 1.165) is 76.8 Å². The molecule has 3 fully saturated rings. The van der Waals surface area contributed by atoms with Crippen LogP contribution in [0.25, 0.3) is 0 Å². The molecule has 2 amide bonds. The Labute approximate surface area is 267 Å². The predicted octanol–water partition coefficient (Wildman–Crippen LogP) is 7.91. The molecule has 1 spiro atoms. The van der Waals surface area contributed by atoms with E-state index in [4.69, 9.17) is 23.9 Å². The van der Waals surface area contributed by atoms with Gasteiger partial charge < -0.3 is 23.8 Å². The number of hydrogen-bond donors (Lipinski definition) is 0. The molecule has 2 saturated heterocycles. The van der Waals surface area contributed by atoms with Crippen molar-refractivity contribution < 1.29 is 28.5 Å². The molecule has 4 aliphatic rings. The summed E-state index contributed by atoms with van der Waals surface area (Å²) in [6.45, 7) is 14.7. The zero-order valence-corrected chi connectivity index (χ0v) is 27.8. The number of carbonyl (C=O) groups is 2. The summed E-state index contributed by atoms with van der Waals surface area (Å²) in [5.41, 5.74) is 3.12. The summed E-state index contributed by atoms with van der Waals surface area (Å²) in [4.78, 5) is 34.7. The van der Waals surface area contributed by atoms with E-state index in [0.29, 0.717) is 41.1 Å². The van der Waals surface area contributed by atoms with Crippen LogP contribution in [0.15, 0.2) is 30.5 Å². The second-order valence-corrected chi connectivity index (χ2v) is 15.4. The van der Waals surface area contributed by atoms with Gasteiger partial charge in [0, 0.05) is 38.1 Å². The number of pyridine rings is 1. The molecule has 3 aliphatic heterocycles. The van der Waals surface area contributed by atoms with Crippen molar-refractivity contribution in [2.45, 2.75) is 110 Å². The Morgan fingerprint density at radius 3 is 2.29 bits per heavy atom. The molecule has 0 bridgehead atoms. The first kappa shape index (κ1) is 31.6. The first-order valence-corrected chi connectivity index (χ1v) is 16.6. The van der Waals surface area contributed by atoms with Gasteiger partial charge in [-0.25, -0.2) is 19.5 Å². The Morgan fingerprint density at radius 2 is 1.62 bits per heavy atom. The molecule has 0 radical (unpaired) electrons. The molecule has 0 unspecified atom stereocenters. The molecule has 1 aliphatic carbocycles. The highest BCUT2D eigenvalue weighted by Crippen LogP contribution is 2.54. The third-order valence-corrected chi connectivity index (χ3v) is 9.60. The number of aromatic nitrogens is 1. The van der Waals surface area contributed by atoms with Gasteiger partial charge in [0.25, 0.3) is 0 Å². The fourth-order valence-electron chi connectivity index (χ4n) is 7.51. The van der Waals surface area contributed by atoms with Gasteiger partial charge in [0.1, 0.15) is 29.4 Å². The van der Waals surface area contributed by atoms with Crippen LogP contribution in [-0.4, -0.2) is 59.6 Å². The van der Waals surface area contributed by atoms with Crippen LogP contribution < -0.4 is 9.64 Å². The molecule has 2 aromatic rings. The second kappa shape index (κ2) is 12.1. The van der Waals surface area contributed by atoms with Crippen LogP contribution in [0.4, 0.5) is 21.1 Å². The Balaban J connectivity index is 1.20. The summed E-state index contributed by atoms with van der Waals surface area (Å²) >= 11 is 0. The minimum Gasteiger partial charge on any atom is -0.487 e. The molecule has 9 heteroatoms. The third kappa shape index (κ3) is 7.08. The lowest BCUT2D eigenvalue weighted by Gasteiger charge is -2.52. The molecule has 0 atom stereocenters. The van der Waals surface area contributed by atoms with Crippen LogP contribution >= 0.6 is 0 Å². The van der Waals surface area contributed by atoms with Crippen LogP contribution in [0, 0.1) is 11.3 Å². The highest BCUT2D eigenvalue weighted by atomic mass is 16.6. The van der Waals surface area contributed by atoms with E-state index in [1.807, 2.05) is 52.5 Å². The zero-order chi connectivity index (χ0) is 32.0. The molecule has 0 N–H and O–H groups in total. The fraction of sp³-hybridized carbons (Fsp3) is 0.639. The maximum atomic E-state index is 13.9. The molecule has 9 nitrogen and oxygen atoms in total. The van der Waals surface area contributed by atoms with E-state index >= 15 is 0 Å². The maximum Gasteiger partial charge on any atom is 0.420 e. The van der Waals surface area contributed by atoms with Crippen LogP contribution in [0.2, 0.25) is 0 Å². The average Bonchev–Trinajstić information content (AvgIpc) is 3.12. The van der Waals surface area contributed by atoms with Crippen molar-refractivity contribution in [3.63, 3.8) is 0 Å². The lowest BCUT2D eigenvalue weighted by molar-refractivity contribution is -0.0269. The molecule has 1 saturated carbocycles. The predicted molar refractivity (Wildman–Crippen MR) is 172 cm³/mol. The second-order valence-electron chi connectivity index (χ2n) is 15.4. The number of benzene rings is 1. The molecule has 45 heavy (non-hydrogen) atoms. The number of amides is 2. The summed E-state index contributed by atoms with van der Waals surface area (Å²) in [5.74, 6) is 2.13. The number of ether oxygens (including phenoxy) is 4. The normalized spacial score (nSPS) is 20.4. The van der Waals surface area contributed by atoms with E-state index in [2.05, 4.69) is 18.2 Å². The number of anilines is 2. The van der Waals surface area contributed by atoms with Crippen molar-refractivity contribution >= 4 is 23.7 Å². The van der Waals surface area contributed by atoms with Crippen LogP contribution in [0.1, 0.15) is 103 Å². The fourth-order valence-corrected chi connectivity index (χ4v) is 7.51. The Morgan fingerprint density at radius 1 is 0.956 bits per heavy atom. The van der Waals surface area contributed by atoms with Crippen molar-refractivity contribution in [3.8, 4) is 5.75 Å². The molecule has 1 aromatic heterocycles. The van der Waals surface area contributed by atoms with E-state index in [1.54, 1.807) is 11.1 Å². The maximum absolute atomic E-state index is 13.9. The highest BCUT2D eigenvalue weighted by molar-refractivity contribution is 5.98. The van der Waals surface area contributed by atoms with E-state index in [1.165, 1.54) is 11.1 Å². The molecule has 6 rings (SSSR count). The van der Waals surface area contributed by atoms with Crippen LogP contribution in [0.3, 0.4) is 0 Å². The van der Waals surface area contributed by atoms with Gasteiger partial charge in [-0.05, 0) is 133 Å². The number of rotatable bonds is 3. The zero-order valence-electron chi connectivity index (χ0n) is 27.8. The van der Waals surface area contributed by atoms with Gasteiger partial charge >= 0.3 is 12.2 Å². The van der Waals surface area contributed by atoms with E-state index in [9.17, 15) is 9.59 Å². The monoisotopic (exact) mass is 619 g/mol. The summed E-state index contributed by atoms with van der Waals surface area (Å²) in [5, 5.41) is 0. The van der Waals surface area contributed by atoms with Crippen LogP contribution in [0.5, 0.6) is 5.75 Å². The Hall–Kier alpha value is -3.33. The number of nitrogens with zero attached hydrogens (tertiary/aromatic N) is 3. The first-order valence-electron chi connectivity index (χ1n) is 16.6. The first-order chi connectivity index (χ1) is 21.3. The smallest absolute Gasteiger partial charge is 0.420 e. The van der Waals surface area contributed by atoms with Gasteiger partial charge in [-0.3, -0.25) is 0 Å². The molecule has 4 heterocycles. The summed E-state index contributed by atoms with van der Waals surface area (Å²) in [6, 6.07) is 8.28. The third-order valence-electron chi connectivity index (χ3n) is 9.60. The average molecular weight is 620 g/mol. The number of likely N-dealkylation sites (tertiary alicyclic amines) is 1. The largest absolute Gasteiger partial charge is 0.487 e. The van der Waals surface area contributed by atoms with Crippen molar-refractivity contribution in [1.29, 1.82) is 0 Å². The SMILES string of the molecule is CC(C)(C)OC(=O)N1CCC2(CC1)CC(Cc1ccc3c(c1)N(C(=O)OC(C)(C)C)c1nccc(C4CCOCC4)c1CO3)C2. The topological polar surface area (TPSA) is 90.4 Å². The van der Waals surface area contributed by atoms with Gasteiger partial charge in [0.05, 0.1) is 5.69 Å². The summed E-state index contributed by atoms with van der Waals surface area (Å²) < 4.78 is 23.6. The van der Waals surface area contributed by atoms with Crippen molar-refractivity contribution in [2.75, 3.05) is 31.2 Å². The van der Waals surface area contributed by atoms with Gasteiger partial charge in [0.2, 0.25) is 0 Å². The lowest BCUT2D eigenvalue weighted by Crippen LogP contribution is -2.50. The van der Waals surface area contributed by atoms with Crippen LogP contribution in [-0.2, 0) is 27.2 Å². The molecular formula is C36H49N3O6. The van der Waals surface area contributed by atoms with Crippen molar-refractivity contribution in [3.05, 3.63) is 47.2 Å². The highest BCUT2D eigenvalue weighted by Gasteiger charge is 2.46. The minimum atomic E-state index is -0.667. The number of piperidine rings is 1. The molecule has 1 aromatic carbocycles. The van der Waals surface area contributed by atoms with Gasteiger partial charge in [0.15, 0.2) is 0 Å². The quantitative estimate of drug-likeness (QED) is 0.345. The number of hydrogen-bond acceptors (Lipinski definition) is 7. The Kier molecular flexibility index (Phi) is 8.52. The standard InChI is InChI=1S/C36H49N3O6/c1-34(2,3)44-32(40)38-15-12-36(13-16-38)21-25(22-36)19-24-7-8-30-29(20-24)39(33(41)45-35(4,5)6)31-28(23-43-30)27(9-14-37-31)26-10-17-42-18-11-26/h7-9,14,20,25-26H,10-13,15-19,21-23H2,1-6H3. The van der Waals surface area contributed by atoms with Crippen molar-refractivity contribution in [1.82, 2.24) is 9.88 Å².